The van der Waals surface area contributed by atoms with E-state index in [0.717, 1.165) is 12.8 Å². The molecule has 0 aromatic carbocycles. The number of aliphatic hydroxyl groups excluding tert-OH is 1. The molecule has 1 fully saturated rings. The molecule has 3 N–H and O–H groups in total. The zero-order chi connectivity index (χ0) is 13.8. The van der Waals surface area contributed by atoms with Crippen molar-refractivity contribution in [2.45, 2.75) is 32.2 Å². The van der Waals surface area contributed by atoms with Crippen molar-refractivity contribution >= 4 is 16.2 Å². The van der Waals surface area contributed by atoms with Crippen LogP contribution in [0.3, 0.4) is 0 Å². The third-order valence-corrected chi connectivity index (χ3v) is 4.56. The van der Waals surface area contributed by atoms with Crippen molar-refractivity contribution in [2.75, 3.05) is 19.7 Å². The summed E-state index contributed by atoms with van der Waals surface area (Å²) in [5, 5.41) is 17.6. The van der Waals surface area contributed by atoms with Gasteiger partial charge in [-0.25, -0.2) is 0 Å². The number of carboxylic acid groups (broad SMARTS) is 1. The predicted octanol–water partition coefficient (Wildman–Crippen LogP) is -0.612. The number of hydrogen-bond donors (Lipinski definition) is 3. The maximum atomic E-state index is 12.0. The molecule has 1 aliphatic rings. The monoisotopic (exact) mass is 280 g/mol. The standard InChI is InChI=1S/C10H20N2O5S/c1-8-3-2-5-12(7-8)18(16,17)11-9(4-6-13)10(14)15/h8-9,11,13H,2-7H2,1H3,(H,14,15)/t8?,9-/m1/s1. The summed E-state index contributed by atoms with van der Waals surface area (Å²) >= 11 is 0. The van der Waals surface area contributed by atoms with Crippen molar-refractivity contribution in [1.29, 1.82) is 0 Å². The molecule has 8 heteroatoms. The lowest BCUT2D eigenvalue weighted by atomic mass is 10.0. The van der Waals surface area contributed by atoms with Crippen LogP contribution in [0.4, 0.5) is 0 Å². The molecule has 106 valence electrons. The fourth-order valence-corrected chi connectivity index (χ4v) is 3.53. The molecule has 0 spiro atoms. The average Bonchev–Trinajstić information content (AvgIpc) is 2.28. The van der Waals surface area contributed by atoms with Crippen LogP contribution in [0.15, 0.2) is 0 Å². The first-order valence-corrected chi connectivity index (χ1v) is 7.42. The Morgan fingerprint density at radius 2 is 2.22 bits per heavy atom. The van der Waals surface area contributed by atoms with Crippen LogP contribution in [0.5, 0.6) is 0 Å². The van der Waals surface area contributed by atoms with E-state index >= 15 is 0 Å². The van der Waals surface area contributed by atoms with Gasteiger partial charge in [0.05, 0.1) is 0 Å². The van der Waals surface area contributed by atoms with Gasteiger partial charge in [0.2, 0.25) is 0 Å². The van der Waals surface area contributed by atoms with E-state index in [2.05, 4.69) is 4.72 Å². The van der Waals surface area contributed by atoms with E-state index in [1.807, 2.05) is 6.92 Å². The summed E-state index contributed by atoms with van der Waals surface area (Å²) in [5.74, 6) is -1.01. The second kappa shape index (κ2) is 6.46. The van der Waals surface area contributed by atoms with Gasteiger partial charge in [-0.2, -0.15) is 17.4 Å². The molecule has 1 heterocycles. The van der Waals surface area contributed by atoms with Crippen LogP contribution in [0.2, 0.25) is 0 Å². The Labute approximate surface area is 107 Å². The van der Waals surface area contributed by atoms with Gasteiger partial charge in [-0.1, -0.05) is 6.92 Å². The van der Waals surface area contributed by atoms with Crippen LogP contribution in [0, 0.1) is 5.92 Å². The molecule has 18 heavy (non-hydrogen) atoms. The van der Waals surface area contributed by atoms with Crippen LogP contribution in [-0.4, -0.2) is 54.6 Å². The topological polar surface area (TPSA) is 107 Å². The number of aliphatic carboxylic acids is 1. The molecule has 0 radical (unpaired) electrons. The Morgan fingerprint density at radius 1 is 1.56 bits per heavy atom. The third-order valence-electron chi connectivity index (χ3n) is 2.97. The summed E-state index contributed by atoms with van der Waals surface area (Å²) in [7, 11) is -3.79. The van der Waals surface area contributed by atoms with Crippen LogP contribution >= 0.6 is 0 Å². The molecule has 1 aliphatic heterocycles. The molecule has 7 nitrogen and oxygen atoms in total. The number of rotatable bonds is 6. The lowest BCUT2D eigenvalue weighted by molar-refractivity contribution is -0.139. The number of piperidine rings is 1. The van der Waals surface area contributed by atoms with E-state index in [1.165, 1.54) is 4.31 Å². The fraction of sp³-hybridized carbons (Fsp3) is 0.900. The smallest absolute Gasteiger partial charge is 0.321 e. The number of aliphatic hydroxyl groups is 1. The van der Waals surface area contributed by atoms with Crippen molar-refractivity contribution in [3.63, 3.8) is 0 Å². The molecule has 1 unspecified atom stereocenters. The molecule has 0 saturated carbocycles. The summed E-state index contributed by atoms with van der Waals surface area (Å²) in [6.45, 7) is 2.39. The van der Waals surface area contributed by atoms with Crippen LogP contribution in [0.1, 0.15) is 26.2 Å². The molecule has 0 amide bonds. The van der Waals surface area contributed by atoms with Crippen molar-refractivity contribution in [1.82, 2.24) is 9.03 Å². The van der Waals surface area contributed by atoms with Gasteiger partial charge in [-0.05, 0) is 25.2 Å². The first-order chi connectivity index (χ1) is 8.36. The molecule has 0 bridgehead atoms. The molecular formula is C10H20N2O5S. The maximum absolute atomic E-state index is 12.0. The zero-order valence-corrected chi connectivity index (χ0v) is 11.2. The van der Waals surface area contributed by atoms with Crippen molar-refractivity contribution in [3.8, 4) is 0 Å². The Hall–Kier alpha value is -0.700. The highest BCUT2D eigenvalue weighted by Gasteiger charge is 2.31. The lowest BCUT2D eigenvalue weighted by Gasteiger charge is -2.30. The van der Waals surface area contributed by atoms with Gasteiger partial charge in [-0.3, -0.25) is 4.79 Å². The third kappa shape index (κ3) is 4.20. The number of hydrogen-bond acceptors (Lipinski definition) is 4. The highest BCUT2D eigenvalue weighted by atomic mass is 32.2. The number of nitrogens with zero attached hydrogens (tertiary/aromatic N) is 1. The van der Waals surface area contributed by atoms with Gasteiger partial charge < -0.3 is 10.2 Å². The summed E-state index contributed by atoms with van der Waals surface area (Å²) in [5.41, 5.74) is 0. The largest absolute Gasteiger partial charge is 0.480 e. The predicted molar refractivity (Wildman–Crippen MR) is 65.2 cm³/mol. The van der Waals surface area contributed by atoms with Crippen LogP contribution in [-0.2, 0) is 15.0 Å². The van der Waals surface area contributed by atoms with Gasteiger partial charge in [0, 0.05) is 19.7 Å². The lowest BCUT2D eigenvalue weighted by Crippen LogP contribution is -2.51. The van der Waals surface area contributed by atoms with E-state index in [4.69, 9.17) is 10.2 Å². The van der Waals surface area contributed by atoms with E-state index in [-0.39, 0.29) is 18.9 Å². The van der Waals surface area contributed by atoms with Gasteiger partial charge in [0.1, 0.15) is 6.04 Å². The van der Waals surface area contributed by atoms with E-state index < -0.39 is 22.2 Å². The van der Waals surface area contributed by atoms with E-state index in [9.17, 15) is 13.2 Å². The Kier molecular flexibility index (Phi) is 5.51. The van der Waals surface area contributed by atoms with E-state index in [0.29, 0.717) is 13.1 Å². The highest BCUT2D eigenvalue weighted by molar-refractivity contribution is 7.87. The zero-order valence-electron chi connectivity index (χ0n) is 10.4. The molecule has 0 aromatic heterocycles. The van der Waals surface area contributed by atoms with E-state index in [1.54, 1.807) is 0 Å². The number of carboxylic acids is 1. The van der Waals surface area contributed by atoms with Gasteiger partial charge in [-0.15, -0.1) is 0 Å². The highest BCUT2D eigenvalue weighted by Crippen LogP contribution is 2.18. The minimum Gasteiger partial charge on any atom is -0.480 e. The van der Waals surface area contributed by atoms with Crippen LogP contribution < -0.4 is 4.72 Å². The Bertz CT molecular complexity index is 384. The first kappa shape index (κ1) is 15.4. The summed E-state index contributed by atoms with van der Waals surface area (Å²) in [4.78, 5) is 10.9. The van der Waals surface area contributed by atoms with Gasteiger partial charge in [0.25, 0.3) is 10.2 Å². The molecule has 0 aliphatic carbocycles. The quantitative estimate of drug-likeness (QED) is 0.601. The van der Waals surface area contributed by atoms with Gasteiger partial charge in [0.15, 0.2) is 0 Å². The van der Waals surface area contributed by atoms with Crippen molar-refractivity contribution in [2.24, 2.45) is 5.92 Å². The molecule has 1 rings (SSSR count). The fourth-order valence-electron chi connectivity index (χ4n) is 1.98. The average molecular weight is 280 g/mol. The maximum Gasteiger partial charge on any atom is 0.321 e. The summed E-state index contributed by atoms with van der Waals surface area (Å²) < 4.78 is 27.4. The second-order valence-corrected chi connectivity index (χ2v) is 6.33. The Balaban J connectivity index is 2.70. The summed E-state index contributed by atoms with van der Waals surface area (Å²) in [6, 6.07) is -1.28. The molecular weight excluding hydrogens is 260 g/mol. The normalized spacial score (nSPS) is 23.8. The second-order valence-electron chi connectivity index (χ2n) is 4.63. The first-order valence-electron chi connectivity index (χ1n) is 5.98. The SMILES string of the molecule is CC1CCCN(S(=O)(=O)N[C@H](CCO)C(=O)O)C1. The van der Waals surface area contributed by atoms with Gasteiger partial charge >= 0.3 is 5.97 Å². The Morgan fingerprint density at radius 3 is 2.72 bits per heavy atom. The number of carbonyl (C=O) groups is 1. The molecule has 2 atom stereocenters. The van der Waals surface area contributed by atoms with Crippen molar-refractivity contribution in [3.05, 3.63) is 0 Å². The number of nitrogens with one attached hydrogen (secondary N) is 1. The molecule has 0 aromatic rings. The molecule has 1 saturated heterocycles. The van der Waals surface area contributed by atoms with Crippen LogP contribution in [0.25, 0.3) is 0 Å². The minimum atomic E-state index is -3.79. The van der Waals surface area contributed by atoms with Crippen molar-refractivity contribution < 1.29 is 23.4 Å². The summed E-state index contributed by atoms with van der Waals surface area (Å²) in [6.07, 6.45) is 1.61. The minimum absolute atomic E-state index is 0.141.